The Kier molecular flexibility index (Phi) is 5.60. The Balaban J connectivity index is 2.47. The largest absolute Gasteiger partial charge is 0.489 e. The molecule has 0 aromatic heterocycles. The van der Waals surface area contributed by atoms with Gasteiger partial charge in [-0.25, -0.2) is 0 Å². The van der Waals surface area contributed by atoms with Crippen LogP contribution in [0.5, 0.6) is 5.75 Å². The summed E-state index contributed by atoms with van der Waals surface area (Å²) in [4.78, 5) is 0. The van der Waals surface area contributed by atoms with Crippen molar-refractivity contribution in [2.24, 2.45) is 5.73 Å². The van der Waals surface area contributed by atoms with Gasteiger partial charge in [0.1, 0.15) is 11.9 Å². The molecule has 4 heteroatoms. The molecule has 0 saturated carbocycles. The van der Waals surface area contributed by atoms with Crippen molar-refractivity contribution >= 4 is 11.6 Å². The second-order valence-corrected chi connectivity index (χ2v) is 4.04. The summed E-state index contributed by atoms with van der Waals surface area (Å²) in [6.45, 7) is 5.02. The van der Waals surface area contributed by atoms with E-state index in [2.05, 4.69) is 0 Å². The fourth-order valence-corrected chi connectivity index (χ4v) is 1.41. The molecule has 16 heavy (non-hydrogen) atoms. The average Bonchev–Trinajstić information content (AvgIpc) is 2.25. The van der Waals surface area contributed by atoms with Crippen LogP contribution in [-0.2, 0) is 4.74 Å². The molecule has 0 fully saturated rings. The highest BCUT2D eigenvalue weighted by Crippen LogP contribution is 2.18. The van der Waals surface area contributed by atoms with Crippen molar-refractivity contribution in [3.63, 3.8) is 0 Å². The molecule has 1 aromatic rings. The summed E-state index contributed by atoms with van der Waals surface area (Å²) in [6.07, 6.45) is -0.106. The fraction of sp³-hybridized carbons (Fsp3) is 0.500. The minimum atomic E-state index is -0.140. The first-order valence-electron chi connectivity index (χ1n) is 5.39. The summed E-state index contributed by atoms with van der Waals surface area (Å²) < 4.78 is 10.9. The topological polar surface area (TPSA) is 44.5 Å². The number of benzene rings is 1. The molecule has 0 aliphatic rings. The summed E-state index contributed by atoms with van der Waals surface area (Å²) in [5.41, 5.74) is 5.91. The number of nitrogens with two attached hydrogens (primary N) is 1. The monoisotopic (exact) mass is 243 g/mol. The molecule has 2 atom stereocenters. The minimum Gasteiger partial charge on any atom is -0.489 e. The lowest BCUT2D eigenvalue weighted by molar-refractivity contribution is 0.0873. The van der Waals surface area contributed by atoms with Crippen LogP contribution in [0.25, 0.3) is 0 Å². The zero-order valence-electron chi connectivity index (χ0n) is 9.65. The van der Waals surface area contributed by atoms with Crippen LogP contribution in [0.2, 0.25) is 5.02 Å². The molecular weight excluding hydrogens is 226 g/mol. The molecule has 2 unspecified atom stereocenters. The van der Waals surface area contributed by atoms with Crippen LogP contribution in [0, 0.1) is 0 Å². The molecule has 0 radical (unpaired) electrons. The van der Waals surface area contributed by atoms with Gasteiger partial charge in [-0.2, -0.15) is 0 Å². The zero-order valence-corrected chi connectivity index (χ0v) is 10.4. The molecule has 0 spiro atoms. The molecule has 0 heterocycles. The highest BCUT2D eigenvalue weighted by atomic mass is 35.5. The van der Waals surface area contributed by atoms with E-state index in [1.807, 2.05) is 26.0 Å². The van der Waals surface area contributed by atoms with Crippen LogP contribution in [0.1, 0.15) is 13.8 Å². The van der Waals surface area contributed by atoms with Crippen LogP contribution in [0.3, 0.4) is 0 Å². The van der Waals surface area contributed by atoms with Crippen LogP contribution >= 0.6 is 11.6 Å². The van der Waals surface area contributed by atoms with E-state index in [0.717, 1.165) is 5.75 Å². The van der Waals surface area contributed by atoms with E-state index < -0.39 is 0 Å². The van der Waals surface area contributed by atoms with Gasteiger partial charge in [0.2, 0.25) is 0 Å². The lowest BCUT2D eigenvalue weighted by Crippen LogP contribution is -2.40. The Bertz CT molecular complexity index is 320. The number of halogens is 1. The number of rotatable bonds is 6. The van der Waals surface area contributed by atoms with Gasteiger partial charge in [-0.15, -0.1) is 0 Å². The number of hydrogen-bond donors (Lipinski definition) is 1. The van der Waals surface area contributed by atoms with E-state index in [4.69, 9.17) is 26.8 Å². The van der Waals surface area contributed by atoms with Crippen LogP contribution < -0.4 is 10.5 Å². The molecular formula is C12H18ClNO2. The van der Waals surface area contributed by atoms with Crippen molar-refractivity contribution in [2.45, 2.75) is 26.0 Å². The predicted molar refractivity (Wildman–Crippen MR) is 66.0 cm³/mol. The third-order valence-corrected chi connectivity index (χ3v) is 2.47. The SMILES string of the molecule is CCOCC(N)C(C)Oc1cccc(Cl)c1. The van der Waals surface area contributed by atoms with E-state index in [-0.39, 0.29) is 12.1 Å². The summed E-state index contributed by atoms with van der Waals surface area (Å²) >= 11 is 5.86. The second kappa shape index (κ2) is 6.74. The fourth-order valence-electron chi connectivity index (χ4n) is 1.23. The van der Waals surface area contributed by atoms with Gasteiger partial charge < -0.3 is 15.2 Å². The predicted octanol–water partition coefficient (Wildman–Crippen LogP) is 2.47. The smallest absolute Gasteiger partial charge is 0.121 e. The standard InChI is InChI=1S/C12H18ClNO2/c1-3-15-8-12(14)9(2)16-11-6-4-5-10(13)7-11/h4-7,9,12H,3,8,14H2,1-2H3. The van der Waals surface area contributed by atoms with E-state index >= 15 is 0 Å². The molecule has 1 aromatic carbocycles. The van der Waals surface area contributed by atoms with Crippen LogP contribution in [0.15, 0.2) is 24.3 Å². The first kappa shape index (κ1) is 13.3. The molecule has 0 aliphatic carbocycles. The molecule has 0 bridgehead atoms. The first-order chi connectivity index (χ1) is 7.63. The van der Waals surface area contributed by atoms with Gasteiger partial charge in [0, 0.05) is 11.6 Å². The average molecular weight is 244 g/mol. The first-order valence-corrected chi connectivity index (χ1v) is 5.76. The Labute approximate surface area is 101 Å². The number of hydrogen-bond acceptors (Lipinski definition) is 3. The third kappa shape index (κ3) is 4.39. The van der Waals surface area contributed by atoms with Crippen LogP contribution in [-0.4, -0.2) is 25.4 Å². The molecule has 2 N–H and O–H groups in total. The highest BCUT2D eigenvalue weighted by molar-refractivity contribution is 6.30. The van der Waals surface area contributed by atoms with Gasteiger partial charge in [0.05, 0.1) is 12.6 Å². The van der Waals surface area contributed by atoms with Crippen molar-refractivity contribution in [3.8, 4) is 5.75 Å². The Morgan fingerprint density at radius 2 is 2.19 bits per heavy atom. The molecule has 0 saturated heterocycles. The summed E-state index contributed by atoms with van der Waals surface area (Å²) in [6, 6.07) is 7.14. The minimum absolute atomic E-state index is 0.106. The molecule has 0 amide bonds. The summed E-state index contributed by atoms with van der Waals surface area (Å²) in [5, 5.41) is 0.656. The van der Waals surface area contributed by atoms with E-state index in [1.54, 1.807) is 12.1 Å². The second-order valence-electron chi connectivity index (χ2n) is 3.60. The Morgan fingerprint density at radius 3 is 2.81 bits per heavy atom. The molecule has 0 aliphatic heterocycles. The van der Waals surface area contributed by atoms with E-state index in [0.29, 0.717) is 18.2 Å². The summed E-state index contributed by atoms with van der Waals surface area (Å²) in [5.74, 6) is 0.729. The lowest BCUT2D eigenvalue weighted by Gasteiger charge is -2.21. The van der Waals surface area contributed by atoms with Crippen molar-refractivity contribution in [1.29, 1.82) is 0 Å². The van der Waals surface area contributed by atoms with Crippen molar-refractivity contribution in [2.75, 3.05) is 13.2 Å². The van der Waals surface area contributed by atoms with Crippen molar-refractivity contribution in [3.05, 3.63) is 29.3 Å². The van der Waals surface area contributed by atoms with E-state index in [1.165, 1.54) is 0 Å². The van der Waals surface area contributed by atoms with Crippen LogP contribution in [0.4, 0.5) is 0 Å². The maximum absolute atomic E-state index is 5.91. The zero-order chi connectivity index (χ0) is 12.0. The molecule has 3 nitrogen and oxygen atoms in total. The Morgan fingerprint density at radius 1 is 1.44 bits per heavy atom. The number of ether oxygens (including phenoxy) is 2. The van der Waals surface area contributed by atoms with Gasteiger partial charge in [-0.3, -0.25) is 0 Å². The highest BCUT2D eigenvalue weighted by Gasteiger charge is 2.14. The quantitative estimate of drug-likeness (QED) is 0.835. The maximum Gasteiger partial charge on any atom is 0.121 e. The lowest BCUT2D eigenvalue weighted by atomic mass is 10.2. The van der Waals surface area contributed by atoms with Gasteiger partial charge in [0.15, 0.2) is 0 Å². The molecule has 1 rings (SSSR count). The van der Waals surface area contributed by atoms with Gasteiger partial charge in [-0.05, 0) is 32.0 Å². The molecule has 90 valence electrons. The van der Waals surface area contributed by atoms with Crippen molar-refractivity contribution < 1.29 is 9.47 Å². The van der Waals surface area contributed by atoms with Gasteiger partial charge >= 0.3 is 0 Å². The van der Waals surface area contributed by atoms with E-state index in [9.17, 15) is 0 Å². The third-order valence-electron chi connectivity index (χ3n) is 2.24. The summed E-state index contributed by atoms with van der Waals surface area (Å²) in [7, 11) is 0. The maximum atomic E-state index is 5.91. The van der Waals surface area contributed by atoms with Crippen molar-refractivity contribution in [1.82, 2.24) is 0 Å². The van der Waals surface area contributed by atoms with Gasteiger partial charge in [-0.1, -0.05) is 17.7 Å². The van der Waals surface area contributed by atoms with Gasteiger partial charge in [0.25, 0.3) is 0 Å². The Hall–Kier alpha value is -0.770. The normalized spacial score (nSPS) is 14.5.